The Labute approximate surface area is 128 Å². The van der Waals surface area contributed by atoms with Crippen LogP contribution in [0.1, 0.15) is 40.5 Å². The zero-order chi connectivity index (χ0) is 15.7. The zero-order valence-electron chi connectivity index (χ0n) is 13.8. The molecule has 2 rings (SSSR count). The van der Waals surface area contributed by atoms with Gasteiger partial charge in [-0.15, -0.1) is 0 Å². The van der Waals surface area contributed by atoms with E-state index >= 15 is 0 Å². The highest BCUT2D eigenvalue weighted by Crippen LogP contribution is 2.42. The van der Waals surface area contributed by atoms with Crippen molar-refractivity contribution >= 4 is 0 Å². The molecule has 2 atom stereocenters. The number of likely N-dealkylation sites (tertiary alicyclic amines) is 1. The molecule has 0 amide bonds. The molecule has 0 radical (unpaired) electrons. The molecule has 21 heavy (non-hydrogen) atoms. The molecule has 2 saturated heterocycles. The first-order chi connectivity index (χ1) is 9.76. The second-order valence-electron chi connectivity index (χ2n) is 7.45. The lowest BCUT2D eigenvalue weighted by Crippen LogP contribution is -2.46. The maximum atomic E-state index is 10.5. The van der Waals surface area contributed by atoms with Crippen molar-refractivity contribution < 1.29 is 19.7 Å². The standard InChI is InChI=1S/C16H31NO4/c1-15(2)13(14(19)16(3,4)21-15)11-17-7-5-12(6-8-17)20-10-9-18/h12-14,18-19H,5-11H2,1-4H3. The lowest BCUT2D eigenvalue weighted by Gasteiger charge is -2.36. The summed E-state index contributed by atoms with van der Waals surface area (Å²) < 4.78 is 11.6. The van der Waals surface area contributed by atoms with Crippen LogP contribution in [0.25, 0.3) is 0 Å². The second-order valence-corrected chi connectivity index (χ2v) is 7.45. The van der Waals surface area contributed by atoms with E-state index in [1.54, 1.807) is 0 Å². The van der Waals surface area contributed by atoms with E-state index < -0.39 is 11.7 Å². The molecule has 0 aromatic carbocycles. The first kappa shape index (κ1) is 17.2. The SMILES string of the molecule is CC1(C)OC(C)(C)C(CN2CCC(OCCO)CC2)C1O. The Morgan fingerprint density at radius 1 is 1.14 bits per heavy atom. The lowest BCUT2D eigenvalue weighted by atomic mass is 9.84. The van der Waals surface area contributed by atoms with Crippen molar-refractivity contribution in [3.63, 3.8) is 0 Å². The first-order valence-corrected chi connectivity index (χ1v) is 8.09. The third-order valence-corrected chi connectivity index (χ3v) is 4.95. The van der Waals surface area contributed by atoms with E-state index in [0.717, 1.165) is 32.5 Å². The van der Waals surface area contributed by atoms with Crippen LogP contribution in [0.5, 0.6) is 0 Å². The van der Waals surface area contributed by atoms with Gasteiger partial charge in [0.2, 0.25) is 0 Å². The van der Waals surface area contributed by atoms with Crippen LogP contribution in [0.4, 0.5) is 0 Å². The minimum Gasteiger partial charge on any atom is -0.394 e. The van der Waals surface area contributed by atoms with Crippen LogP contribution < -0.4 is 0 Å². The molecule has 2 unspecified atom stereocenters. The zero-order valence-corrected chi connectivity index (χ0v) is 13.8. The van der Waals surface area contributed by atoms with E-state index in [0.29, 0.717) is 6.61 Å². The molecule has 5 heteroatoms. The highest BCUT2D eigenvalue weighted by Gasteiger charge is 2.53. The molecule has 0 aromatic rings. The summed E-state index contributed by atoms with van der Waals surface area (Å²) in [6.45, 7) is 11.4. The maximum absolute atomic E-state index is 10.5. The number of piperidine rings is 1. The predicted molar refractivity (Wildman–Crippen MR) is 81.2 cm³/mol. The molecule has 2 fully saturated rings. The topological polar surface area (TPSA) is 62.2 Å². The fourth-order valence-corrected chi connectivity index (χ4v) is 3.75. The molecule has 5 nitrogen and oxygen atoms in total. The molecular weight excluding hydrogens is 270 g/mol. The van der Waals surface area contributed by atoms with E-state index in [1.165, 1.54) is 0 Å². The largest absolute Gasteiger partial charge is 0.394 e. The van der Waals surface area contributed by atoms with Gasteiger partial charge >= 0.3 is 0 Å². The average Bonchev–Trinajstić information content (AvgIpc) is 2.56. The van der Waals surface area contributed by atoms with Gasteiger partial charge in [0.15, 0.2) is 0 Å². The van der Waals surface area contributed by atoms with Crippen LogP contribution in [0.2, 0.25) is 0 Å². The molecule has 0 spiro atoms. The summed E-state index contributed by atoms with van der Waals surface area (Å²) in [5.41, 5.74) is -0.774. The van der Waals surface area contributed by atoms with E-state index in [9.17, 15) is 5.11 Å². The summed E-state index contributed by atoms with van der Waals surface area (Å²) in [6.07, 6.45) is 1.82. The molecule has 2 N–H and O–H groups in total. The van der Waals surface area contributed by atoms with Crippen LogP contribution in [0.3, 0.4) is 0 Å². The maximum Gasteiger partial charge on any atom is 0.0896 e. The molecule has 2 aliphatic rings. The number of rotatable bonds is 5. The van der Waals surface area contributed by atoms with E-state index in [1.807, 2.05) is 13.8 Å². The number of hydrogen-bond acceptors (Lipinski definition) is 5. The average molecular weight is 301 g/mol. The van der Waals surface area contributed by atoms with Crippen LogP contribution in [-0.4, -0.2) is 71.4 Å². The Morgan fingerprint density at radius 2 is 1.76 bits per heavy atom. The van der Waals surface area contributed by atoms with E-state index in [-0.39, 0.29) is 24.2 Å². The second kappa shape index (κ2) is 6.50. The van der Waals surface area contributed by atoms with E-state index in [2.05, 4.69) is 18.7 Å². The minimum absolute atomic E-state index is 0.0924. The predicted octanol–water partition coefficient (Wildman–Crippen LogP) is 1.02. The summed E-state index contributed by atoms with van der Waals surface area (Å²) in [7, 11) is 0. The fourth-order valence-electron chi connectivity index (χ4n) is 3.75. The van der Waals surface area contributed by atoms with Crippen molar-refractivity contribution in [1.82, 2.24) is 4.90 Å². The Balaban J connectivity index is 1.86. The van der Waals surface area contributed by atoms with Gasteiger partial charge in [-0.1, -0.05) is 0 Å². The highest BCUT2D eigenvalue weighted by molar-refractivity contribution is 5.02. The highest BCUT2D eigenvalue weighted by atomic mass is 16.5. The van der Waals surface area contributed by atoms with Crippen molar-refractivity contribution in [3.8, 4) is 0 Å². The van der Waals surface area contributed by atoms with Gasteiger partial charge in [-0.3, -0.25) is 0 Å². The van der Waals surface area contributed by atoms with Gasteiger partial charge in [0, 0.05) is 25.6 Å². The van der Waals surface area contributed by atoms with Gasteiger partial charge in [-0.05, 0) is 40.5 Å². The Kier molecular flexibility index (Phi) is 5.31. The Morgan fingerprint density at radius 3 is 2.24 bits per heavy atom. The van der Waals surface area contributed by atoms with Gasteiger partial charge in [0.1, 0.15) is 0 Å². The molecule has 124 valence electrons. The van der Waals surface area contributed by atoms with Crippen molar-refractivity contribution in [2.24, 2.45) is 5.92 Å². The van der Waals surface area contributed by atoms with Crippen molar-refractivity contribution in [2.75, 3.05) is 32.8 Å². The first-order valence-electron chi connectivity index (χ1n) is 8.09. The van der Waals surface area contributed by atoms with Crippen molar-refractivity contribution in [2.45, 2.75) is 63.9 Å². The monoisotopic (exact) mass is 301 g/mol. The summed E-state index contributed by atoms with van der Waals surface area (Å²) in [4.78, 5) is 2.40. The number of ether oxygens (including phenoxy) is 2. The summed E-state index contributed by atoms with van der Waals surface area (Å²) in [5, 5.41) is 19.3. The molecule has 0 saturated carbocycles. The Bertz CT molecular complexity index is 337. The van der Waals surface area contributed by atoms with Crippen LogP contribution in [-0.2, 0) is 9.47 Å². The molecule has 0 bridgehead atoms. The third kappa shape index (κ3) is 3.96. The van der Waals surface area contributed by atoms with E-state index in [4.69, 9.17) is 14.6 Å². The number of aliphatic hydroxyl groups is 2. The number of aliphatic hydroxyl groups excluding tert-OH is 2. The molecule has 0 aliphatic carbocycles. The number of nitrogens with zero attached hydrogens (tertiary/aromatic N) is 1. The summed E-state index contributed by atoms with van der Waals surface area (Å²) >= 11 is 0. The van der Waals surface area contributed by atoms with Gasteiger partial charge in [-0.2, -0.15) is 0 Å². The molecular formula is C16H31NO4. The van der Waals surface area contributed by atoms with Crippen molar-refractivity contribution in [1.29, 1.82) is 0 Å². The molecule has 0 aromatic heterocycles. The van der Waals surface area contributed by atoms with Crippen LogP contribution >= 0.6 is 0 Å². The number of hydrogen-bond donors (Lipinski definition) is 2. The van der Waals surface area contributed by atoms with Gasteiger partial charge in [0.05, 0.1) is 36.6 Å². The van der Waals surface area contributed by atoms with Crippen LogP contribution in [0.15, 0.2) is 0 Å². The Hall–Kier alpha value is -0.200. The summed E-state index contributed by atoms with van der Waals surface area (Å²) in [6, 6.07) is 0. The molecule has 2 aliphatic heterocycles. The third-order valence-electron chi connectivity index (χ3n) is 4.95. The normalized spacial score (nSPS) is 33.4. The minimum atomic E-state index is -0.475. The lowest BCUT2D eigenvalue weighted by molar-refractivity contribution is -0.0917. The van der Waals surface area contributed by atoms with Crippen molar-refractivity contribution in [3.05, 3.63) is 0 Å². The van der Waals surface area contributed by atoms with Gasteiger partial charge < -0.3 is 24.6 Å². The summed E-state index contributed by atoms with van der Waals surface area (Å²) in [5.74, 6) is 0.127. The van der Waals surface area contributed by atoms with Crippen LogP contribution in [0, 0.1) is 5.92 Å². The smallest absolute Gasteiger partial charge is 0.0896 e. The molecule has 2 heterocycles. The fraction of sp³-hybridized carbons (Fsp3) is 1.00. The quantitative estimate of drug-likeness (QED) is 0.794. The van der Waals surface area contributed by atoms with Gasteiger partial charge in [0.25, 0.3) is 0 Å². The van der Waals surface area contributed by atoms with Gasteiger partial charge in [-0.25, -0.2) is 0 Å².